The van der Waals surface area contributed by atoms with Crippen LogP contribution in [0.25, 0.3) is 0 Å². The van der Waals surface area contributed by atoms with E-state index >= 15 is 0 Å². The standard InChI is InChI=1S/C13H13ClN4/c1-8-6-9-4-2-3-5-11(9)18(8)12-10(14)7-16-13(15)17-12/h2-5,7-8H,6H2,1H3,(H2,15,16,17). The first-order chi connectivity index (χ1) is 8.66. The summed E-state index contributed by atoms with van der Waals surface area (Å²) in [5, 5.41) is 0.521. The van der Waals surface area contributed by atoms with E-state index in [0.29, 0.717) is 16.9 Å². The van der Waals surface area contributed by atoms with E-state index in [9.17, 15) is 0 Å². The van der Waals surface area contributed by atoms with Crippen LogP contribution in [0.15, 0.2) is 30.5 Å². The van der Waals surface area contributed by atoms with Crippen LogP contribution < -0.4 is 10.6 Å². The summed E-state index contributed by atoms with van der Waals surface area (Å²) in [5.41, 5.74) is 8.10. The van der Waals surface area contributed by atoms with Crippen molar-refractivity contribution in [2.45, 2.75) is 19.4 Å². The van der Waals surface area contributed by atoms with Crippen LogP contribution in [0.3, 0.4) is 0 Å². The van der Waals surface area contributed by atoms with Gasteiger partial charge in [0.2, 0.25) is 5.95 Å². The predicted molar refractivity (Wildman–Crippen MR) is 73.2 cm³/mol. The van der Waals surface area contributed by atoms with Gasteiger partial charge in [-0.05, 0) is 25.0 Å². The van der Waals surface area contributed by atoms with Gasteiger partial charge in [-0.2, -0.15) is 4.98 Å². The summed E-state index contributed by atoms with van der Waals surface area (Å²) >= 11 is 6.19. The molecule has 0 bridgehead atoms. The number of nitrogens with zero attached hydrogens (tertiary/aromatic N) is 3. The zero-order chi connectivity index (χ0) is 12.7. The fourth-order valence-electron chi connectivity index (χ4n) is 2.43. The van der Waals surface area contributed by atoms with Gasteiger partial charge in [-0.3, -0.25) is 0 Å². The van der Waals surface area contributed by atoms with E-state index in [-0.39, 0.29) is 5.95 Å². The Morgan fingerprint density at radius 3 is 3.00 bits per heavy atom. The largest absolute Gasteiger partial charge is 0.368 e. The lowest BCUT2D eigenvalue weighted by atomic mass is 10.1. The Balaban J connectivity index is 2.14. The Kier molecular flexibility index (Phi) is 2.59. The molecular formula is C13H13ClN4. The molecule has 4 nitrogen and oxygen atoms in total. The number of hydrogen-bond acceptors (Lipinski definition) is 4. The van der Waals surface area contributed by atoms with Crippen molar-refractivity contribution in [1.29, 1.82) is 0 Å². The highest BCUT2D eigenvalue weighted by Crippen LogP contribution is 2.39. The molecule has 2 heterocycles. The molecule has 0 fully saturated rings. The summed E-state index contributed by atoms with van der Waals surface area (Å²) in [7, 11) is 0. The van der Waals surface area contributed by atoms with Gasteiger partial charge < -0.3 is 10.6 Å². The van der Waals surface area contributed by atoms with Crippen molar-refractivity contribution >= 4 is 29.1 Å². The lowest BCUT2D eigenvalue weighted by molar-refractivity contribution is 0.750. The second-order valence-electron chi connectivity index (χ2n) is 4.45. The quantitative estimate of drug-likeness (QED) is 0.857. The maximum Gasteiger partial charge on any atom is 0.222 e. The Bertz CT molecular complexity index is 599. The maximum atomic E-state index is 6.19. The first-order valence-corrected chi connectivity index (χ1v) is 6.20. The fraction of sp³-hybridized carbons (Fsp3) is 0.231. The van der Waals surface area contributed by atoms with Crippen molar-refractivity contribution in [1.82, 2.24) is 9.97 Å². The number of hydrogen-bond donors (Lipinski definition) is 1. The second kappa shape index (κ2) is 4.14. The number of rotatable bonds is 1. The van der Waals surface area contributed by atoms with Gasteiger partial charge in [0.05, 0.1) is 6.20 Å². The predicted octanol–water partition coefficient (Wildman–Crippen LogP) is 2.79. The molecule has 18 heavy (non-hydrogen) atoms. The first kappa shape index (κ1) is 11.3. The smallest absolute Gasteiger partial charge is 0.222 e. The molecule has 2 aromatic rings. The third-order valence-corrected chi connectivity index (χ3v) is 3.45. The number of aromatic nitrogens is 2. The topological polar surface area (TPSA) is 55.0 Å². The van der Waals surface area contributed by atoms with Crippen LogP contribution in [0.1, 0.15) is 12.5 Å². The summed E-state index contributed by atoms with van der Waals surface area (Å²) in [5.74, 6) is 0.924. The van der Waals surface area contributed by atoms with E-state index in [4.69, 9.17) is 17.3 Å². The molecule has 0 spiro atoms. The third kappa shape index (κ3) is 1.69. The molecule has 92 valence electrons. The van der Waals surface area contributed by atoms with Gasteiger partial charge in [0.25, 0.3) is 0 Å². The number of fused-ring (bicyclic) bond motifs is 1. The lowest BCUT2D eigenvalue weighted by Gasteiger charge is -2.24. The van der Waals surface area contributed by atoms with Crippen LogP contribution in [-0.4, -0.2) is 16.0 Å². The van der Waals surface area contributed by atoms with E-state index in [2.05, 4.69) is 33.9 Å². The molecule has 0 saturated carbocycles. The van der Waals surface area contributed by atoms with Gasteiger partial charge >= 0.3 is 0 Å². The lowest BCUT2D eigenvalue weighted by Crippen LogP contribution is -2.25. The van der Waals surface area contributed by atoms with E-state index < -0.39 is 0 Å². The van der Waals surface area contributed by atoms with Gasteiger partial charge in [-0.25, -0.2) is 4.98 Å². The van der Waals surface area contributed by atoms with E-state index in [1.54, 1.807) is 6.20 Å². The molecule has 0 saturated heterocycles. The molecule has 1 unspecified atom stereocenters. The zero-order valence-electron chi connectivity index (χ0n) is 9.97. The summed E-state index contributed by atoms with van der Waals surface area (Å²) < 4.78 is 0. The highest BCUT2D eigenvalue weighted by molar-refractivity contribution is 6.33. The van der Waals surface area contributed by atoms with Gasteiger partial charge in [-0.1, -0.05) is 29.8 Å². The minimum absolute atomic E-state index is 0.242. The SMILES string of the molecule is CC1Cc2ccccc2N1c1nc(N)ncc1Cl. The number of nitrogen functional groups attached to an aromatic ring is 1. The van der Waals surface area contributed by atoms with Crippen molar-refractivity contribution in [3.8, 4) is 0 Å². The average molecular weight is 261 g/mol. The number of anilines is 3. The molecule has 3 rings (SSSR count). The molecule has 0 amide bonds. The Labute approximate surface area is 110 Å². The minimum atomic E-state index is 0.242. The maximum absolute atomic E-state index is 6.19. The molecule has 1 aliphatic heterocycles. The summed E-state index contributed by atoms with van der Waals surface area (Å²) in [6, 6.07) is 8.58. The second-order valence-corrected chi connectivity index (χ2v) is 4.86. The van der Waals surface area contributed by atoms with Crippen molar-refractivity contribution < 1.29 is 0 Å². The van der Waals surface area contributed by atoms with Gasteiger partial charge in [0.15, 0.2) is 5.82 Å². The molecular weight excluding hydrogens is 248 g/mol. The Hall–Kier alpha value is -1.81. The van der Waals surface area contributed by atoms with E-state index in [1.165, 1.54) is 5.56 Å². The molecule has 1 aromatic carbocycles. The number of nitrogens with two attached hydrogens (primary N) is 1. The minimum Gasteiger partial charge on any atom is -0.368 e. The molecule has 0 radical (unpaired) electrons. The highest BCUT2D eigenvalue weighted by atomic mass is 35.5. The van der Waals surface area contributed by atoms with Crippen LogP contribution in [-0.2, 0) is 6.42 Å². The Morgan fingerprint density at radius 1 is 1.39 bits per heavy atom. The van der Waals surface area contributed by atoms with Crippen LogP contribution in [0.5, 0.6) is 0 Å². The number of halogens is 1. The van der Waals surface area contributed by atoms with Crippen molar-refractivity contribution in [2.24, 2.45) is 0 Å². The third-order valence-electron chi connectivity index (χ3n) is 3.18. The Morgan fingerprint density at radius 2 is 2.17 bits per heavy atom. The van der Waals surface area contributed by atoms with Crippen LogP contribution >= 0.6 is 11.6 Å². The van der Waals surface area contributed by atoms with E-state index in [1.807, 2.05) is 12.1 Å². The van der Waals surface area contributed by atoms with Crippen molar-refractivity contribution in [2.75, 3.05) is 10.6 Å². The fourth-order valence-corrected chi connectivity index (χ4v) is 2.61. The highest BCUT2D eigenvalue weighted by Gasteiger charge is 2.29. The van der Waals surface area contributed by atoms with Crippen LogP contribution in [0.4, 0.5) is 17.5 Å². The summed E-state index contributed by atoms with van der Waals surface area (Å²) in [6.45, 7) is 2.15. The number of para-hydroxylation sites is 1. The van der Waals surface area contributed by atoms with Gasteiger partial charge in [0.1, 0.15) is 5.02 Å². The monoisotopic (exact) mass is 260 g/mol. The van der Waals surface area contributed by atoms with Gasteiger partial charge in [0, 0.05) is 11.7 Å². The average Bonchev–Trinajstić information content (AvgIpc) is 2.68. The molecule has 2 N–H and O–H groups in total. The number of benzene rings is 1. The van der Waals surface area contributed by atoms with Gasteiger partial charge in [-0.15, -0.1) is 0 Å². The molecule has 5 heteroatoms. The summed E-state index contributed by atoms with van der Waals surface area (Å²) in [6.07, 6.45) is 2.53. The first-order valence-electron chi connectivity index (χ1n) is 5.82. The van der Waals surface area contributed by atoms with Crippen molar-refractivity contribution in [3.63, 3.8) is 0 Å². The molecule has 0 aliphatic carbocycles. The van der Waals surface area contributed by atoms with E-state index in [0.717, 1.165) is 12.1 Å². The molecule has 1 aliphatic rings. The van der Waals surface area contributed by atoms with Crippen LogP contribution in [0.2, 0.25) is 5.02 Å². The molecule has 1 atom stereocenters. The molecule has 1 aromatic heterocycles. The zero-order valence-corrected chi connectivity index (χ0v) is 10.7. The van der Waals surface area contributed by atoms with Crippen molar-refractivity contribution in [3.05, 3.63) is 41.0 Å². The normalized spacial score (nSPS) is 17.9. The van der Waals surface area contributed by atoms with Crippen LogP contribution in [0, 0.1) is 0 Å². The summed E-state index contributed by atoms with van der Waals surface area (Å²) in [4.78, 5) is 10.3.